The van der Waals surface area contributed by atoms with Gasteiger partial charge in [-0.3, -0.25) is 0 Å². The van der Waals surface area contributed by atoms with Crippen LogP contribution < -0.4 is 0 Å². The molecule has 0 amide bonds. The molecule has 0 bridgehead atoms. The first-order chi connectivity index (χ1) is 5.86. The molecule has 2 aromatic rings. The first kappa shape index (κ1) is 8.64. The molecule has 4 heteroatoms. The van der Waals surface area contributed by atoms with Crippen LogP contribution in [0.1, 0.15) is 19.7 Å². The minimum atomic E-state index is 0.729. The summed E-state index contributed by atoms with van der Waals surface area (Å²) in [5, 5.41) is 0. The van der Waals surface area contributed by atoms with E-state index in [2.05, 4.69) is 19.9 Å². The topological polar surface area (TPSA) is 54.5 Å². The standard InChI is InChI=1S/C6H6N4.C2H6/c1-4-9-5-2-7-3-8-6(5)10-4;1-2/h2-3H,1H3,(H,7,8,9,10);1-2H3. The normalized spacial score (nSPS) is 9.25. The lowest BCUT2D eigenvalue weighted by Gasteiger charge is -1.80. The molecule has 0 aliphatic rings. The largest absolute Gasteiger partial charge is 0.340 e. The molecule has 12 heavy (non-hydrogen) atoms. The van der Waals surface area contributed by atoms with Crippen molar-refractivity contribution in [1.29, 1.82) is 0 Å². The molecule has 0 aliphatic carbocycles. The van der Waals surface area contributed by atoms with Gasteiger partial charge in [0.25, 0.3) is 0 Å². The maximum Gasteiger partial charge on any atom is 0.180 e. The van der Waals surface area contributed by atoms with Gasteiger partial charge in [0.15, 0.2) is 5.65 Å². The summed E-state index contributed by atoms with van der Waals surface area (Å²) in [6.45, 7) is 5.89. The quantitative estimate of drug-likeness (QED) is 0.644. The van der Waals surface area contributed by atoms with Crippen molar-refractivity contribution in [1.82, 2.24) is 19.9 Å². The third kappa shape index (κ3) is 1.58. The highest BCUT2D eigenvalue weighted by atomic mass is 15.0. The molecule has 2 aromatic heterocycles. The van der Waals surface area contributed by atoms with Crippen LogP contribution in [0.15, 0.2) is 12.5 Å². The van der Waals surface area contributed by atoms with Gasteiger partial charge in [-0.15, -0.1) is 0 Å². The summed E-state index contributed by atoms with van der Waals surface area (Å²) in [7, 11) is 0. The number of nitrogens with zero attached hydrogens (tertiary/aromatic N) is 3. The second-order valence-corrected chi connectivity index (χ2v) is 2.08. The van der Waals surface area contributed by atoms with E-state index < -0.39 is 0 Å². The Kier molecular flexibility index (Phi) is 2.74. The Morgan fingerprint density at radius 2 is 2.08 bits per heavy atom. The molecule has 1 N–H and O–H groups in total. The Labute approximate surface area is 71.1 Å². The van der Waals surface area contributed by atoms with Gasteiger partial charge in [-0.2, -0.15) is 0 Å². The molecule has 0 saturated carbocycles. The molecule has 0 fully saturated rings. The molecular weight excluding hydrogens is 152 g/mol. The fraction of sp³-hybridized carbons (Fsp3) is 0.375. The van der Waals surface area contributed by atoms with E-state index in [1.54, 1.807) is 6.20 Å². The predicted molar refractivity (Wildman–Crippen MR) is 47.8 cm³/mol. The summed E-state index contributed by atoms with van der Waals surface area (Å²) in [5.74, 6) is 0.871. The smallest absolute Gasteiger partial charge is 0.180 e. The molecule has 2 rings (SSSR count). The van der Waals surface area contributed by atoms with E-state index in [0.29, 0.717) is 0 Å². The van der Waals surface area contributed by atoms with Gasteiger partial charge < -0.3 is 4.98 Å². The highest BCUT2D eigenvalue weighted by Crippen LogP contribution is 2.03. The van der Waals surface area contributed by atoms with Crippen LogP contribution in [0.2, 0.25) is 0 Å². The zero-order valence-electron chi connectivity index (χ0n) is 7.50. The maximum atomic E-state index is 4.11. The van der Waals surface area contributed by atoms with Gasteiger partial charge in [-0.25, -0.2) is 15.0 Å². The summed E-state index contributed by atoms with van der Waals surface area (Å²) < 4.78 is 0. The van der Waals surface area contributed by atoms with Crippen LogP contribution in [0.4, 0.5) is 0 Å². The minimum Gasteiger partial charge on any atom is -0.340 e. The van der Waals surface area contributed by atoms with Crippen molar-refractivity contribution in [2.45, 2.75) is 20.8 Å². The van der Waals surface area contributed by atoms with E-state index in [1.807, 2.05) is 20.8 Å². The molecular formula is C8H12N4. The predicted octanol–water partition coefficient (Wildman–Crippen LogP) is 1.69. The number of hydrogen-bond donors (Lipinski definition) is 1. The Morgan fingerprint density at radius 3 is 2.75 bits per heavy atom. The van der Waals surface area contributed by atoms with Gasteiger partial charge in [-0.05, 0) is 6.92 Å². The average molecular weight is 164 g/mol. The number of nitrogens with one attached hydrogen (secondary N) is 1. The molecule has 2 heterocycles. The van der Waals surface area contributed by atoms with E-state index in [-0.39, 0.29) is 0 Å². The third-order valence-electron chi connectivity index (χ3n) is 1.28. The van der Waals surface area contributed by atoms with E-state index in [0.717, 1.165) is 17.0 Å². The third-order valence-corrected chi connectivity index (χ3v) is 1.28. The van der Waals surface area contributed by atoms with Crippen LogP contribution in [0.25, 0.3) is 11.2 Å². The van der Waals surface area contributed by atoms with Crippen LogP contribution in [0, 0.1) is 6.92 Å². The highest BCUT2D eigenvalue weighted by molar-refractivity contribution is 5.68. The summed E-state index contributed by atoms with van der Waals surface area (Å²) in [6.07, 6.45) is 3.20. The number of aromatic amines is 1. The molecule has 4 nitrogen and oxygen atoms in total. The maximum absolute atomic E-state index is 4.11. The number of hydrogen-bond acceptors (Lipinski definition) is 3. The van der Waals surface area contributed by atoms with Gasteiger partial charge in [0, 0.05) is 0 Å². The number of aromatic nitrogens is 4. The molecule has 0 saturated heterocycles. The Bertz CT molecular complexity index is 320. The first-order valence-electron chi connectivity index (χ1n) is 3.98. The summed E-state index contributed by atoms with van der Waals surface area (Å²) in [5.41, 5.74) is 1.62. The SMILES string of the molecule is CC.Cc1nc2ncncc2[nH]1. The van der Waals surface area contributed by atoms with E-state index >= 15 is 0 Å². The highest BCUT2D eigenvalue weighted by Gasteiger charge is 1.96. The molecule has 64 valence electrons. The van der Waals surface area contributed by atoms with Gasteiger partial charge in [0.1, 0.15) is 17.7 Å². The number of fused-ring (bicyclic) bond motifs is 1. The Morgan fingerprint density at radius 1 is 1.33 bits per heavy atom. The lowest BCUT2D eigenvalue weighted by Crippen LogP contribution is -1.76. The van der Waals surface area contributed by atoms with Crippen LogP contribution in [0.5, 0.6) is 0 Å². The van der Waals surface area contributed by atoms with E-state index in [9.17, 15) is 0 Å². The summed E-state index contributed by atoms with van der Waals surface area (Å²) >= 11 is 0. The fourth-order valence-electron chi connectivity index (χ4n) is 0.882. The monoisotopic (exact) mass is 164 g/mol. The van der Waals surface area contributed by atoms with Gasteiger partial charge in [-0.1, -0.05) is 13.8 Å². The fourth-order valence-corrected chi connectivity index (χ4v) is 0.882. The van der Waals surface area contributed by atoms with Crippen LogP contribution in [-0.2, 0) is 0 Å². The van der Waals surface area contributed by atoms with Crippen molar-refractivity contribution in [3.05, 3.63) is 18.3 Å². The Balaban J connectivity index is 0.000000336. The second kappa shape index (κ2) is 3.80. The van der Waals surface area contributed by atoms with Crippen molar-refractivity contribution >= 4 is 11.2 Å². The number of H-pyrrole nitrogens is 1. The zero-order valence-corrected chi connectivity index (χ0v) is 7.50. The van der Waals surface area contributed by atoms with Crippen molar-refractivity contribution in [2.75, 3.05) is 0 Å². The van der Waals surface area contributed by atoms with Crippen molar-refractivity contribution < 1.29 is 0 Å². The number of imidazole rings is 1. The van der Waals surface area contributed by atoms with E-state index in [4.69, 9.17) is 0 Å². The molecule has 0 unspecified atom stereocenters. The van der Waals surface area contributed by atoms with E-state index in [1.165, 1.54) is 6.33 Å². The van der Waals surface area contributed by atoms with Crippen molar-refractivity contribution in [3.8, 4) is 0 Å². The average Bonchev–Trinajstić information content (AvgIpc) is 2.48. The lowest BCUT2D eigenvalue weighted by atomic mass is 10.6. The molecule has 0 radical (unpaired) electrons. The minimum absolute atomic E-state index is 0.729. The number of rotatable bonds is 0. The molecule has 0 aliphatic heterocycles. The van der Waals surface area contributed by atoms with Crippen molar-refractivity contribution in [2.24, 2.45) is 0 Å². The van der Waals surface area contributed by atoms with Crippen molar-refractivity contribution in [3.63, 3.8) is 0 Å². The van der Waals surface area contributed by atoms with Gasteiger partial charge >= 0.3 is 0 Å². The second-order valence-electron chi connectivity index (χ2n) is 2.08. The van der Waals surface area contributed by atoms with Crippen LogP contribution in [-0.4, -0.2) is 19.9 Å². The number of aryl methyl sites for hydroxylation is 1. The zero-order chi connectivity index (χ0) is 8.97. The first-order valence-corrected chi connectivity index (χ1v) is 3.98. The molecule has 0 atom stereocenters. The summed E-state index contributed by atoms with van der Waals surface area (Å²) in [4.78, 5) is 14.9. The summed E-state index contributed by atoms with van der Waals surface area (Å²) in [6, 6.07) is 0. The van der Waals surface area contributed by atoms with Gasteiger partial charge in [0.05, 0.1) is 6.20 Å². The van der Waals surface area contributed by atoms with Crippen LogP contribution in [0.3, 0.4) is 0 Å². The van der Waals surface area contributed by atoms with Gasteiger partial charge in [0.2, 0.25) is 0 Å². The Hall–Kier alpha value is -1.45. The van der Waals surface area contributed by atoms with Crippen LogP contribution >= 0.6 is 0 Å². The molecule has 0 spiro atoms. The lowest BCUT2D eigenvalue weighted by molar-refractivity contribution is 1.16. The molecule has 0 aromatic carbocycles.